The van der Waals surface area contributed by atoms with Gasteiger partial charge < -0.3 is 0 Å². The predicted octanol–water partition coefficient (Wildman–Crippen LogP) is 2.39. The fraction of sp³-hybridized carbons (Fsp3) is 0.500. The molecule has 0 N–H and O–H groups in total. The molecule has 0 aromatic heterocycles. The molecule has 13 heavy (non-hydrogen) atoms. The van der Waals surface area contributed by atoms with Crippen LogP contribution in [0, 0.1) is 13.8 Å². The van der Waals surface area contributed by atoms with Crippen LogP contribution in [0.4, 0.5) is 0 Å². The molecule has 0 saturated heterocycles. The van der Waals surface area contributed by atoms with E-state index in [1.807, 2.05) is 0 Å². The summed E-state index contributed by atoms with van der Waals surface area (Å²) in [7, 11) is 0. The van der Waals surface area contributed by atoms with Crippen LogP contribution in [-0.2, 0) is 5.41 Å². The van der Waals surface area contributed by atoms with Gasteiger partial charge in [-0.1, -0.05) is 0 Å². The molecule has 0 saturated carbocycles. The van der Waals surface area contributed by atoms with E-state index in [-0.39, 0.29) is 5.41 Å². The molecule has 1 rings (SSSR count). The van der Waals surface area contributed by atoms with Gasteiger partial charge in [0.1, 0.15) is 0 Å². The zero-order valence-electron chi connectivity index (χ0n) is 9.06. The van der Waals surface area contributed by atoms with Crippen molar-refractivity contribution in [1.82, 2.24) is 0 Å². The van der Waals surface area contributed by atoms with Gasteiger partial charge in [-0.3, -0.25) is 0 Å². The SMILES string of the molecule is Cc1ccc([Se])c(C(C)(C)C)c1C. The van der Waals surface area contributed by atoms with Crippen LogP contribution in [-0.4, -0.2) is 16.0 Å². The quantitative estimate of drug-likeness (QED) is 0.611. The van der Waals surface area contributed by atoms with E-state index in [0.717, 1.165) is 0 Å². The van der Waals surface area contributed by atoms with Gasteiger partial charge in [-0.2, -0.15) is 0 Å². The number of hydrogen-bond donors (Lipinski definition) is 0. The summed E-state index contributed by atoms with van der Waals surface area (Å²) in [5, 5.41) is 0. The third-order valence-corrected chi connectivity index (χ3v) is 3.16. The topological polar surface area (TPSA) is 0 Å². The second-order valence-electron chi connectivity index (χ2n) is 4.63. The number of rotatable bonds is 0. The summed E-state index contributed by atoms with van der Waals surface area (Å²) < 4.78 is 1.29. The first kappa shape index (κ1) is 10.8. The van der Waals surface area contributed by atoms with Gasteiger partial charge in [-0.15, -0.1) is 0 Å². The molecule has 0 fully saturated rings. The van der Waals surface area contributed by atoms with Gasteiger partial charge in [0, 0.05) is 0 Å². The fourth-order valence-corrected chi connectivity index (χ4v) is 2.83. The van der Waals surface area contributed by atoms with E-state index in [0.29, 0.717) is 0 Å². The van der Waals surface area contributed by atoms with E-state index in [2.05, 4.69) is 62.8 Å². The van der Waals surface area contributed by atoms with Gasteiger partial charge in [-0.25, -0.2) is 0 Å². The molecule has 1 aromatic rings. The molecule has 71 valence electrons. The maximum atomic E-state index is 3.15. The molecular formula is C12H17Se. The molecule has 0 aliphatic rings. The van der Waals surface area contributed by atoms with Gasteiger partial charge in [0.05, 0.1) is 0 Å². The van der Waals surface area contributed by atoms with Gasteiger partial charge in [-0.05, 0) is 0 Å². The van der Waals surface area contributed by atoms with Crippen LogP contribution in [0.2, 0.25) is 0 Å². The van der Waals surface area contributed by atoms with Crippen molar-refractivity contribution in [2.45, 2.75) is 40.0 Å². The summed E-state index contributed by atoms with van der Waals surface area (Å²) in [6, 6.07) is 4.35. The molecule has 0 aliphatic carbocycles. The van der Waals surface area contributed by atoms with Gasteiger partial charge in [0.2, 0.25) is 0 Å². The second-order valence-corrected chi connectivity index (χ2v) is 5.55. The summed E-state index contributed by atoms with van der Waals surface area (Å²) in [6.45, 7) is 11.2. The minimum atomic E-state index is 0.233. The Morgan fingerprint density at radius 2 is 1.62 bits per heavy atom. The number of benzene rings is 1. The number of aryl methyl sites for hydroxylation is 1. The summed E-state index contributed by atoms with van der Waals surface area (Å²) in [5.41, 5.74) is 4.48. The zero-order valence-corrected chi connectivity index (χ0v) is 10.8. The Bertz CT molecular complexity index is 319. The standard InChI is InChI=1S/C12H17Se/c1-8-6-7-10(13)11(9(8)2)12(3,4)5/h6-7H,1-5H3. The average Bonchev–Trinajstić information content (AvgIpc) is 1.95. The fourth-order valence-electron chi connectivity index (χ4n) is 1.72. The monoisotopic (exact) mass is 241 g/mol. The van der Waals surface area contributed by atoms with E-state index >= 15 is 0 Å². The Labute approximate surface area is 89.6 Å². The molecule has 0 bridgehead atoms. The van der Waals surface area contributed by atoms with E-state index in [4.69, 9.17) is 0 Å². The molecule has 0 spiro atoms. The van der Waals surface area contributed by atoms with Crippen LogP contribution in [0.5, 0.6) is 0 Å². The molecule has 0 amide bonds. The van der Waals surface area contributed by atoms with Crippen molar-refractivity contribution in [2.24, 2.45) is 0 Å². The molecule has 1 radical (unpaired) electrons. The second kappa shape index (κ2) is 3.47. The summed E-state index contributed by atoms with van der Waals surface area (Å²) in [6.07, 6.45) is 0. The molecular weight excluding hydrogens is 223 g/mol. The normalized spacial score (nSPS) is 11.8. The first-order valence-electron chi connectivity index (χ1n) is 4.61. The predicted molar refractivity (Wildman–Crippen MR) is 60.0 cm³/mol. The Morgan fingerprint density at radius 1 is 1.08 bits per heavy atom. The molecule has 0 heterocycles. The number of hydrogen-bond acceptors (Lipinski definition) is 0. The van der Waals surface area contributed by atoms with Gasteiger partial charge >= 0.3 is 89.3 Å². The first-order chi connectivity index (χ1) is 5.84. The summed E-state index contributed by atoms with van der Waals surface area (Å²) >= 11 is 3.15. The van der Waals surface area contributed by atoms with Crippen molar-refractivity contribution in [2.75, 3.05) is 0 Å². The summed E-state index contributed by atoms with van der Waals surface area (Å²) in [4.78, 5) is 0. The van der Waals surface area contributed by atoms with Crippen LogP contribution < -0.4 is 4.46 Å². The maximum absolute atomic E-state index is 3.15. The molecule has 0 unspecified atom stereocenters. The summed E-state index contributed by atoms with van der Waals surface area (Å²) in [5.74, 6) is 0. The van der Waals surface area contributed by atoms with Crippen LogP contribution >= 0.6 is 0 Å². The molecule has 1 aromatic carbocycles. The van der Waals surface area contributed by atoms with Gasteiger partial charge in [0.15, 0.2) is 0 Å². The van der Waals surface area contributed by atoms with Crippen LogP contribution in [0.1, 0.15) is 37.5 Å². The van der Waals surface area contributed by atoms with Crippen molar-refractivity contribution < 1.29 is 0 Å². The van der Waals surface area contributed by atoms with Crippen molar-refractivity contribution >= 4 is 20.5 Å². The first-order valence-corrected chi connectivity index (χ1v) is 5.47. The third-order valence-electron chi connectivity index (χ3n) is 2.45. The Kier molecular flexibility index (Phi) is 2.89. The van der Waals surface area contributed by atoms with E-state index < -0.39 is 0 Å². The van der Waals surface area contributed by atoms with Crippen molar-refractivity contribution in [3.05, 3.63) is 28.8 Å². The molecule has 0 aliphatic heterocycles. The van der Waals surface area contributed by atoms with Crippen LogP contribution in [0.25, 0.3) is 0 Å². The van der Waals surface area contributed by atoms with E-state index in [9.17, 15) is 0 Å². The van der Waals surface area contributed by atoms with Crippen molar-refractivity contribution in [3.63, 3.8) is 0 Å². The molecule has 1 heteroatoms. The Hall–Kier alpha value is -0.261. The minimum absolute atomic E-state index is 0.233. The van der Waals surface area contributed by atoms with Gasteiger partial charge in [0.25, 0.3) is 0 Å². The molecule has 0 atom stereocenters. The average molecular weight is 240 g/mol. The third kappa shape index (κ3) is 2.15. The van der Waals surface area contributed by atoms with Crippen LogP contribution in [0.15, 0.2) is 12.1 Å². The van der Waals surface area contributed by atoms with Crippen molar-refractivity contribution in [3.8, 4) is 0 Å². The molecule has 0 nitrogen and oxygen atoms in total. The van der Waals surface area contributed by atoms with Crippen LogP contribution in [0.3, 0.4) is 0 Å². The zero-order chi connectivity index (χ0) is 10.2. The Morgan fingerprint density at radius 3 is 2.00 bits per heavy atom. The van der Waals surface area contributed by atoms with Crippen molar-refractivity contribution in [1.29, 1.82) is 0 Å². The Balaban J connectivity index is 3.43. The van der Waals surface area contributed by atoms with E-state index in [1.54, 1.807) is 0 Å². The van der Waals surface area contributed by atoms with E-state index in [1.165, 1.54) is 21.2 Å².